The fourth-order valence-electron chi connectivity index (χ4n) is 2.99. The molecular weight excluding hydrogens is 416 g/mol. The molecule has 8 heteroatoms. The normalized spacial score (nSPS) is 10.9. The number of para-hydroxylation sites is 1. The maximum Gasteiger partial charge on any atom is 0.265 e. The third-order valence-electron chi connectivity index (χ3n) is 4.65. The molecule has 0 radical (unpaired) electrons. The maximum absolute atomic E-state index is 13.0. The monoisotopic (exact) mass is 440 g/mol. The molecule has 7 nitrogen and oxygen atoms in total. The van der Waals surface area contributed by atoms with Crippen molar-refractivity contribution in [3.05, 3.63) is 83.4 Å². The van der Waals surface area contributed by atoms with Crippen LogP contribution in [0.5, 0.6) is 11.5 Å². The molecule has 3 rings (SSSR count). The van der Waals surface area contributed by atoms with Crippen molar-refractivity contribution in [3.63, 3.8) is 0 Å². The number of amides is 1. The van der Waals surface area contributed by atoms with Gasteiger partial charge in [0, 0.05) is 23.4 Å². The van der Waals surface area contributed by atoms with Gasteiger partial charge in [-0.1, -0.05) is 35.9 Å². The smallest absolute Gasteiger partial charge is 0.265 e. The number of sulfonamides is 1. The van der Waals surface area contributed by atoms with Gasteiger partial charge >= 0.3 is 0 Å². The van der Waals surface area contributed by atoms with Crippen molar-refractivity contribution >= 4 is 21.6 Å². The SMILES string of the molecule is COc1ccccc1CNC(=O)c1ccc(OC)c(S(=O)(=O)Nc2ccc(C)cc2)c1. The lowest BCUT2D eigenvalue weighted by Crippen LogP contribution is -2.24. The molecule has 0 saturated carbocycles. The summed E-state index contributed by atoms with van der Waals surface area (Å²) >= 11 is 0. The van der Waals surface area contributed by atoms with Gasteiger partial charge in [0.25, 0.3) is 15.9 Å². The minimum absolute atomic E-state index is 0.125. The molecule has 2 N–H and O–H groups in total. The Morgan fingerprint density at radius 2 is 1.58 bits per heavy atom. The van der Waals surface area contributed by atoms with Crippen molar-refractivity contribution in [2.75, 3.05) is 18.9 Å². The highest BCUT2D eigenvalue weighted by Gasteiger charge is 2.22. The molecule has 0 heterocycles. The summed E-state index contributed by atoms with van der Waals surface area (Å²) < 4.78 is 39.0. The lowest BCUT2D eigenvalue weighted by Gasteiger charge is -2.14. The summed E-state index contributed by atoms with van der Waals surface area (Å²) in [7, 11) is -1.04. The van der Waals surface area contributed by atoms with E-state index in [0.29, 0.717) is 11.4 Å². The van der Waals surface area contributed by atoms with Crippen LogP contribution >= 0.6 is 0 Å². The fraction of sp³-hybridized carbons (Fsp3) is 0.174. The van der Waals surface area contributed by atoms with Crippen LogP contribution in [0.15, 0.2) is 71.6 Å². The average Bonchev–Trinajstić information content (AvgIpc) is 2.78. The van der Waals surface area contributed by atoms with Crippen molar-refractivity contribution in [2.45, 2.75) is 18.4 Å². The zero-order valence-electron chi connectivity index (χ0n) is 17.5. The van der Waals surface area contributed by atoms with Crippen LogP contribution in [0.3, 0.4) is 0 Å². The van der Waals surface area contributed by atoms with Gasteiger partial charge in [-0.3, -0.25) is 9.52 Å². The quantitative estimate of drug-likeness (QED) is 0.557. The van der Waals surface area contributed by atoms with Crippen molar-refractivity contribution < 1.29 is 22.7 Å². The zero-order chi connectivity index (χ0) is 22.4. The highest BCUT2D eigenvalue weighted by Crippen LogP contribution is 2.27. The lowest BCUT2D eigenvalue weighted by molar-refractivity contribution is 0.0950. The first-order valence-electron chi connectivity index (χ1n) is 9.51. The third kappa shape index (κ3) is 5.35. The van der Waals surface area contributed by atoms with E-state index in [0.717, 1.165) is 11.1 Å². The first kappa shape index (κ1) is 22.2. The van der Waals surface area contributed by atoms with Crippen LogP contribution in [0.4, 0.5) is 5.69 Å². The number of aryl methyl sites for hydroxylation is 1. The van der Waals surface area contributed by atoms with Gasteiger partial charge in [-0.2, -0.15) is 0 Å². The minimum Gasteiger partial charge on any atom is -0.496 e. The summed E-state index contributed by atoms with van der Waals surface area (Å²) in [5, 5.41) is 2.79. The van der Waals surface area contributed by atoms with Crippen molar-refractivity contribution in [1.82, 2.24) is 5.32 Å². The molecule has 0 aliphatic carbocycles. The Morgan fingerprint density at radius 1 is 0.903 bits per heavy atom. The first-order valence-corrected chi connectivity index (χ1v) is 11.0. The average molecular weight is 441 g/mol. The molecule has 0 unspecified atom stereocenters. The molecule has 0 aliphatic rings. The van der Waals surface area contributed by atoms with Crippen LogP contribution in [0.25, 0.3) is 0 Å². The van der Waals surface area contributed by atoms with Crippen molar-refractivity contribution in [1.29, 1.82) is 0 Å². The van der Waals surface area contributed by atoms with Gasteiger partial charge in [-0.05, 0) is 43.3 Å². The van der Waals surface area contributed by atoms with Crippen LogP contribution < -0.4 is 19.5 Å². The number of benzene rings is 3. The Morgan fingerprint density at radius 3 is 2.26 bits per heavy atom. The number of hydrogen-bond acceptors (Lipinski definition) is 5. The number of ether oxygens (including phenoxy) is 2. The number of carbonyl (C=O) groups is 1. The standard InChI is InChI=1S/C23H24N2O5S/c1-16-8-11-19(12-9-16)25-31(27,28)22-14-17(10-13-21(22)30-3)23(26)24-15-18-6-4-5-7-20(18)29-2/h4-14,25H,15H2,1-3H3,(H,24,26). The van der Waals surface area contributed by atoms with Gasteiger partial charge in [0.2, 0.25) is 0 Å². The molecule has 3 aromatic carbocycles. The second-order valence-electron chi connectivity index (χ2n) is 6.83. The van der Waals surface area contributed by atoms with Crippen LogP contribution in [-0.4, -0.2) is 28.5 Å². The van der Waals surface area contributed by atoms with Crippen LogP contribution in [0, 0.1) is 6.92 Å². The molecule has 3 aromatic rings. The molecule has 0 fully saturated rings. The van der Waals surface area contributed by atoms with Crippen LogP contribution in [0.1, 0.15) is 21.5 Å². The molecule has 0 atom stereocenters. The second kappa shape index (κ2) is 9.53. The molecule has 162 valence electrons. The van der Waals surface area contributed by atoms with Gasteiger partial charge in [0.15, 0.2) is 0 Å². The van der Waals surface area contributed by atoms with Gasteiger partial charge in [0.1, 0.15) is 16.4 Å². The molecule has 0 aromatic heterocycles. The number of hydrogen-bond donors (Lipinski definition) is 2. The van der Waals surface area contributed by atoms with E-state index in [4.69, 9.17) is 9.47 Å². The Labute approximate surface area is 182 Å². The first-order chi connectivity index (χ1) is 14.8. The molecule has 31 heavy (non-hydrogen) atoms. The van der Waals surface area contributed by atoms with Crippen LogP contribution in [0.2, 0.25) is 0 Å². The zero-order valence-corrected chi connectivity index (χ0v) is 18.3. The number of methoxy groups -OCH3 is 2. The summed E-state index contributed by atoms with van der Waals surface area (Å²) in [5.41, 5.74) is 2.42. The number of carbonyl (C=O) groups excluding carboxylic acids is 1. The van der Waals surface area contributed by atoms with E-state index in [-0.39, 0.29) is 22.8 Å². The van der Waals surface area contributed by atoms with Crippen LogP contribution in [-0.2, 0) is 16.6 Å². The minimum atomic E-state index is -3.98. The predicted molar refractivity (Wildman–Crippen MR) is 119 cm³/mol. The number of nitrogens with one attached hydrogen (secondary N) is 2. The molecule has 0 aliphatic heterocycles. The molecule has 1 amide bonds. The third-order valence-corrected chi connectivity index (χ3v) is 6.05. The molecule has 0 bridgehead atoms. The number of rotatable bonds is 8. The molecular formula is C23H24N2O5S. The summed E-state index contributed by atoms with van der Waals surface area (Å²) in [6.45, 7) is 2.15. The highest BCUT2D eigenvalue weighted by molar-refractivity contribution is 7.92. The largest absolute Gasteiger partial charge is 0.496 e. The van der Waals surface area contributed by atoms with E-state index < -0.39 is 15.9 Å². The van der Waals surface area contributed by atoms with E-state index in [9.17, 15) is 13.2 Å². The van der Waals surface area contributed by atoms with E-state index in [1.807, 2.05) is 25.1 Å². The number of anilines is 1. The lowest BCUT2D eigenvalue weighted by atomic mass is 10.1. The Bertz CT molecular complexity index is 1170. The maximum atomic E-state index is 13.0. The van der Waals surface area contributed by atoms with Gasteiger partial charge < -0.3 is 14.8 Å². The molecule has 0 saturated heterocycles. The van der Waals surface area contributed by atoms with E-state index in [1.165, 1.54) is 25.3 Å². The van der Waals surface area contributed by atoms with E-state index in [2.05, 4.69) is 10.0 Å². The molecule has 0 spiro atoms. The van der Waals surface area contributed by atoms with Gasteiger partial charge in [-0.15, -0.1) is 0 Å². The second-order valence-corrected chi connectivity index (χ2v) is 8.48. The Balaban J connectivity index is 1.83. The summed E-state index contributed by atoms with van der Waals surface area (Å²) in [5.74, 6) is 0.379. The summed E-state index contributed by atoms with van der Waals surface area (Å²) in [6, 6.07) is 18.5. The highest BCUT2D eigenvalue weighted by atomic mass is 32.2. The summed E-state index contributed by atoms with van der Waals surface area (Å²) in [6.07, 6.45) is 0. The Hall–Kier alpha value is -3.52. The topological polar surface area (TPSA) is 93.7 Å². The predicted octanol–water partition coefficient (Wildman–Crippen LogP) is 3.74. The van der Waals surface area contributed by atoms with E-state index in [1.54, 1.807) is 37.4 Å². The van der Waals surface area contributed by atoms with Crippen molar-refractivity contribution in [2.24, 2.45) is 0 Å². The van der Waals surface area contributed by atoms with Crippen molar-refractivity contribution in [3.8, 4) is 11.5 Å². The van der Waals surface area contributed by atoms with E-state index >= 15 is 0 Å². The Kier molecular flexibility index (Phi) is 6.81. The fourth-order valence-corrected chi connectivity index (χ4v) is 4.24. The van der Waals surface area contributed by atoms with Gasteiger partial charge in [0.05, 0.1) is 14.2 Å². The van der Waals surface area contributed by atoms with Gasteiger partial charge in [-0.25, -0.2) is 8.42 Å². The summed E-state index contributed by atoms with van der Waals surface area (Å²) in [4.78, 5) is 12.6.